The lowest BCUT2D eigenvalue weighted by atomic mass is 9.97. The quantitative estimate of drug-likeness (QED) is 0.924. The van der Waals surface area contributed by atoms with Gasteiger partial charge in [-0.25, -0.2) is 13.1 Å². The lowest BCUT2D eigenvalue weighted by molar-refractivity contribution is -0.00330. The number of ether oxygens (including phenoxy) is 1. The highest BCUT2D eigenvalue weighted by atomic mass is 32.2. The summed E-state index contributed by atoms with van der Waals surface area (Å²) >= 11 is 0. The Morgan fingerprint density at radius 1 is 1.24 bits per heavy atom. The molecule has 0 aliphatic carbocycles. The van der Waals surface area contributed by atoms with Crippen molar-refractivity contribution in [3.63, 3.8) is 0 Å². The minimum Gasteiger partial charge on any atom is -0.378 e. The molecule has 0 radical (unpaired) electrons. The van der Waals surface area contributed by atoms with Gasteiger partial charge in [0.15, 0.2) is 0 Å². The lowest BCUT2D eigenvalue weighted by Crippen LogP contribution is -2.31. The molecule has 1 aliphatic rings. The molecule has 1 aromatic rings. The Morgan fingerprint density at radius 3 is 2.62 bits per heavy atom. The van der Waals surface area contributed by atoms with Crippen LogP contribution < -0.4 is 9.62 Å². The molecule has 1 aromatic carbocycles. The van der Waals surface area contributed by atoms with Crippen LogP contribution in [0.15, 0.2) is 29.2 Å². The number of hydrogen-bond acceptors (Lipinski definition) is 4. The molecule has 0 saturated carbocycles. The fourth-order valence-electron chi connectivity index (χ4n) is 2.75. The van der Waals surface area contributed by atoms with Gasteiger partial charge in [0.05, 0.1) is 11.3 Å². The standard InChI is InChI=1S/C15H24N2O3S/c1-15(20-3)9-6-11-17(12-10-15)13-7-4-5-8-14(13)21(18,19)16-2/h4-5,7-8,16H,6,9-12H2,1-3H3. The molecule has 5 nitrogen and oxygen atoms in total. The van der Waals surface area contributed by atoms with Crippen molar-refractivity contribution in [2.75, 3.05) is 32.1 Å². The van der Waals surface area contributed by atoms with Gasteiger partial charge in [0.2, 0.25) is 10.0 Å². The molecule has 1 N–H and O–H groups in total. The number of nitrogens with one attached hydrogen (secondary N) is 1. The number of benzene rings is 1. The smallest absolute Gasteiger partial charge is 0.242 e. The minimum absolute atomic E-state index is 0.119. The largest absolute Gasteiger partial charge is 0.378 e. The van der Waals surface area contributed by atoms with Crippen LogP contribution in [-0.2, 0) is 14.8 Å². The van der Waals surface area contributed by atoms with E-state index in [4.69, 9.17) is 4.74 Å². The predicted octanol–water partition coefficient (Wildman–Crippen LogP) is 1.99. The van der Waals surface area contributed by atoms with Gasteiger partial charge in [0, 0.05) is 20.2 Å². The van der Waals surface area contributed by atoms with Crippen molar-refractivity contribution in [2.45, 2.75) is 36.7 Å². The van der Waals surface area contributed by atoms with E-state index in [1.807, 2.05) is 12.1 Å². The van der Waals surface area contributed by atoms with Crippen molar-refractivity contribution in [1.82, 2.24) is 4.72 Å². The number of methoxy groups -OCH3 is 1. The molecule has 1 aliphatic heterocycles. The van der Waals surface area contributed by atoms with Crippen LogP contribution in [0.4, 0.5) is 5.69 Å². The van der Waals surface area contributed by atoms with Crippen molar-refractivity contribution in [3.8, 4) is 0 Å². The average molecular weight is 312 g/mol. The van der Waals surface area contributed by atoms with Crippen molar-refractivity contribution in [2.24, 2.45) is 0 Å². The third kappa shape index (κ3) is 3.56. The van der Waals surface area contributed by atoms with Crippen LogP contribution in [0, 0.1) is 0 Å². The summed E-state index contributed by atoms with van der Waals surface area (Å²) in [6, 6.07) is 7.16. The van der Waals surface area contributed by atoms with Crippen LogP contribution in [0.5, 0.6) is 0 Å². The Balaban J connectivity index is 2.31. The molecule has 21 heavy (non-hydrogen) atoms. The van der Waals surface area contributed by atoms with E-state index < -0.39 is 10.0 Å². The number of nitrogens with zero attached hydrogens (tertiary/aromatic N) is 1. The van der Waals surface area contributed by atoms with Gasteiger partial charge in [-0.05, 0) is 45.4 Å². The molecular formula is C15H24N2O3S. The predicted molar refractivity (Wildman–Crippen MR) is 84.2 cm³/mol. The minimum atomic E-state index is -3.45. The van der Waals surface area contributed by atoms with Crippen molar-refractivity contribution in [3.05, 3.63) is 24.3 Å². The van der Waals surface area contributed by atoms with Crippen molar-refractivity contribution < 1.29 is 13.2 Å². The Bertz CT molecular complexity index is 588. The first-order valence-corrected chi connectivity index (χ1v) is 8.73. The fourth-order valence-corrected chi connectivity index (χ4v) is 3.70. The summed E-state index contributed by atoms with van der Waals surface area (Å²) in [5.41, 5.74) is 0.651. The van der Waals surface area contributed by atoms with E-state index in [1.165, 1.54) is 7.05 Å². The van der Waals surface area contributed by atoms with Gasteiger partial charge in [-0.2, -0.15) is 0 Å². The number of sulfonamides is 1. The zero-order valence-corrected chi connectivity index (χ0v) is 13.7. The van der Waals surface area contributed by atoms with Gasteiger partial charge in [-0.15, -0.1) is 0 Å². The third-order valence-electron chi connectivity index (χ3n) is 4.30. The summed E-state index contributed by atoms with van der Waals surface area (Å²) < 4.78 is 32.3. The Kier molecular flexibility index (Phi) is 4.91. The van der Waals surface area contributed by atoms with Gasteiger partial charge in [-0.1, -0.05) is 12.1 Å². The second-order valence-corrected chi connectivity index (χ2v) is 7.52. The maximum Gasteiger partial charge on any atom is 0.242 e. The highest BCUT2D eigenvalue weighted by Gasteiger charge is 2.29. The molecule has 1 fully saturated rings. The number of rotatable bonds is 4. The zero-order chi connectivity index (χ0) is 15.5. The monoisotopic (exact) mass is 312 g/mol. The Morgan fingerprint density at radius 2 is 1.95 bits per heavy atom. The molecule has 1 atom stereocenters. The summed E-state index contributed by atoms with van der Waals surface area (Å²) in [5.74, 6) is 0. The summed E-state index contributed by atoms with van der Waals surface area (Å²) in [6.45, 7) is 3.75. The Hall–Kier alpha value is -1.11. The molecule has 0 amide bonds. The zero-order valence-electron chi connectivity index (χ0n) is 12.9. The topological polar surface area (TPSA) is 58.6 Å². The molecule has 1 saturated heterocycles. The van der Waals surface area contributed by atoms with E-state index in [0.29, 0.717) is 4.90 Å². The molecule has 6 heteroatoms. The van der Waals surface area contributed by atoms with E-state index in [-0.39, 0.29) is 5.60 Å². The first-order valence-electron chi connectivity index (χ1n) is 7.24. The highest BCUT2D eigenvalue weighted by Crippen LogP contribution is 2.31. The fraction of sp³-hybridized carbons (Fsp3) is 0.600. The van der Waals surface area contributed by atoms with E-state index >= 15 is 0 Å². The summed E-state index contributed by atoms with van der Waals surface area (Å²) in [4.78, 5) is 2.49. The second-order valence-electron chi connectivity index (χ2n) is 5.67. The number of anilines is 1. The Labute approximate surface area is 127 Å². The van der Waals surface area contributed by atoms with E-state index in [2.05, 4.69) is 16.5 Å². The SMILES string of the molecule is CNS(=O)(=O)c1ccccc1N1CCCC(C)(OC)CC1. The molecule has 0 bridgehead atoms. The van der Waals surface area contributed by atoms with Crippen LogP contribution in [0.3, 0.4) is 0 Å². The van der Waals surface area contributed by atoms with Crippen molar-refractivity contribution in [1.29, 1.82) is 0 Å². The molecule has 1 unspecified atom stereocenters. The number of hydrogen-bond donors (Lipinski definition) is 1. The van der Waals surface area contributed by atoms with E-state index in [9.17, 15) is 8.42 Å². The lowest BCUT2D eigenvalue weighted by Gasteiger charge is -2.28. The second kappa shape index (κ2) is 6.34. The van der Waals surface area contributed by atoms with Crippen LogP contribution in [0.1, 0.15) is 26.2 Å². The molecule has 2 rings (SSSR count). The van der Waals surface area contributed by atoms with Gasteiger partial charge in [0.1, 0.15) is 4.90 Å². The van der Waals surface area contributed by atoms with Gasteiger partial charge in [-0.3, -0.25) is 0 Å². The molecule has 0 aromatic heterocycles. The maximum absolute atomic E-state index is 12.2. The highest BCUT2D eigenvalue weighted by molar-refractivity contribution is 7.89. The van der Waals surface area contributed by atoms with Gasteiger partial charge < -0.3 is 9.64 Å². The molecule has 0 spiro atoms. The average Bonchev–Trinajstić information content (AvgIpc) is 2.70. The van der Waals surface area contributed by atoms with Gasteiger partial charge in [0.25, 0.3) is 0 Å². The van der Waals surface area contributed by atoms with Crippen LogP contribution in [0.2, 0.25) is 0 Å². The van der Waals surface area contributed by atoms with Crippen LogP contribution in [0.25, 0.3) is 0 Å². The van der Waals surface area contributed by atoms with E-state index in [1.54, 1.807) is 19.2 Å². The van der Waals surface area contributed by atoms with Gasteiger partial charge >= 0.3 is 0 Å². The van der Waals surface area contributed by atoms with E-state index in [0.717, 1.165) is 38.0 Å². The molecular weight excluding hydrogens is 288 g/mol. The molecule has 118 valence electrons. The number of para-hydroxylation sites is 1. The summed E-state index contributed by atoms with van der Waals surface area (Å²) in [6.07, 6.45) is 2.86. The van der Waals surface area contributed by atoms with Crippen LogP contribution >= 0.6 is 0 Å². The summed E-state index contributed by atoms with van der Waals surface area (Å²) in [7, 11) is -0.261. The van der Waals surface area contributed by atoms with Crippen LogP contribution in [-0.4, -0.2) is 41.3 Å². The summed E-state index contributed by atoms with van der Waals surface area (Å²) in [5, 5.41) is 0. The molecule has 1 heterocycles. The first-order chi connectivity index (χ1) is 9.92. The maximum atomic E-state index is 12.2. The third-order valence-corrected chi connectivity index (χ3v) is 5.76. The normalized spacial score (nSPS) is 23.9. The van der Waals surface area contributed by atoms with Crippen molar-refractivity contribution >= 4 is 15.7 Å². The first kappa shape index (κ1) is 16.3.